The summed E-state index contributed by atoms with van der Waals surface area (Å²) < 4.78 is 56.2. The molecule has 5 heterocycles. The van der Waals surface area contributed by atoms with Gasteiger partial charge in [0.05, 0.1) is 16.8 Å². The number of nitrogens with one attached hydrogen (secondary N) is 1. The van der Waals surface area contributed by atoms with Crippen molar-refractivity contribution in [3.8, 4) is 22.4 Å². The molecule has 3 aromatic heterocycles. The van der Waals surface area contributed by atoms with E-state index in [0.717, 1.165) is 67.4 Å². The first-order chi connectivity index (χ1) is 19.3. The fraction of sp³-hybridized carbons (Fsp3) is 0.393. The Morgan fingerprint density at radius 1 is 1.00 bits per heavy atom. The normalized spacial score (nSPS) is 16.9. The number of nitrogens with zero attached hydrogens (tertiary/aromatic N) is 6. The Morgan fingerprint density at radius 2 is 1.80 bits per heavy atom. The average molecular weight is 555 g/mol. The second kappa shape index (κ2) is 10.6. The third-order valence-corrected chi connectivity index (χ3v) is 7.88. The number of hydrogen-bond donors (Lipinski definition) is 2. The molecule has 0 saturated carbocycles. The van der Waals surface area contributed by atoms with E-state index in [-0.39, 0.29) is 11.5 Å². The number of benzene rings is 1. The van der Waals surface area contributed by atoms with Crippen LogP contribution in [-0.4, -0.2) is 62.1 Å². The number of hydrogen-bond acceptors (Lipinski definition) is 6. The maximum Gasteiger partial charge on any atom is 0.419 e. The number of halogens is 4. The minimum atomic E-state index is -4.78. The Hall–Kier alpha value is -3.93. The van der Waals surface area contributed by atoms with Gasteiger partial charge < -0.3 is 25.1 Å². The van der Waals surface area contributed by atoms with Crippen molar-refractivity contribution < 1.29 is 17.6 Å². The first-order valence-electron chi connectivity index (χ1n) is 13.4. The molecule has 2 aliphatic heterocycles. The van der Waals surface area contributed by atoms with E-state index in [2.05, 4.69) is 29.3 Å². The van der Waals surface area contributed by atoms with E-state index in [4.69, 9.17) is 10.7 Å². The van der Waals surface area contributed by atoms with Crippen LogP contribution in [0.2, 0.25) is 0 Å². The Bertz CT molecular complexity index is 1470. The molecule has 8 nitrogen and oxygen atoms in total. The van der Waals surface area contributed by atoms with Gasteiger partial charge in [0.1, 0.15) is 29.6 Å². The van der Waals surface area contributed by atoms with Gasteiger partial charge in [0, 0.05) is 61.8 Å². The number of alkyl halides is 3. The number of piperidine rings is 1. The van der Waals surface area contributed by atoms with Crippen LogP contribution in [0.25, 0.3) is 22.4 Å². The molecule has 1 aromatic carbocycles. The zero-order valence-corrected chi connectivity index (χ0v) is 21.8. The maximum atomic E-state index is 14.0. The highest BCUT2D eigenvalue weighted by molar-refractivity contribution is 5.83. The molecule has 2 fully saturated rings. The number of imidazole rings is 1. The summed E-state index contributed by atoms with van der Waals surface area (Å²) in [5, 5.41) is 0. The van der Waals surface area contributed by atoms with E-state index >= 15 is 0 Å². The van der Waals surface area contributed by atoms with E-state index < -0.39 is 17.6 Å². The lowest BCUT2D eigenvalue weighted by Crippen LogP contribution is -2.39. The molecular formula is C28H30F4N8. The SMILES string of the molecule is Nc1ncnc(N2CCC(c3nc(-c4ccc(F)c(C(F)(F)F)c4)cn3CCN3CCC3)CC2)c1-c1cc[nH]c1. The topological polar surface area (TPSA) is 91.9 Å². The quantitative estimate of drug-likeness (QED) is 0.307. The minimum absolute atomic E-state index is 0.110. The molecule has 4 aromatic rings. The molecular weight excluding hydrogens is 524 g/mol. The number of aromatic nitrogens is 5. The van der Waals surface area contributed by atoms with Crippen LogP contribution in [0.1, 0.15) is 36.6 Å². The summed E-state index contributed by atoms with van der Waals surface area (Å²) in [6, 6.07) is 5.01. The number of likely N-dealkylation sites (tertiary alicyclic amines) is 1. The molecule has 0 amide bonds. The third kappa shape index (κ3) is 5.15. The highest BCUT2D eigenvalue weighted by Crippen LogP contribution is 2.38. The van der Waals surface area contributed by atoms with E-state index in [1.165, 1.54) is 18.8 Å². The predicted octanol–water partition coefficient (Wildman–Crippen LogP) is 5.17. The smallest absolute Gasteiger partial charge is 0.383 e. The monoisotopic (exact) mass is 554 g/mol. The van der Waals surface area contributed by atoms with Crippen LogP contribution in [0.15, 0.2) is 49.2 Å². The molecule has 3 N–H and O–H groups in total. The standard InChI is InChI=1S/C28H30F4N8/c29-22-3-2-19(14-21(22)28(30,31)32)23-16-40(13-12-38-8-1-9-38)26(37-23)18-5-10-39(11-6-18)27-24(20-4-7-34-15-20)25(33)35-17-36-27/h2-4,7,14-18,34H,1,5-6,8-13H2,(H2,33,35,36). The fourth-order valence-electron chi connectivity index (χ4n) is 5.57. The van der Waals surface area contributed by atoms with Gasteiger partial charge in [-0.3, -0.25) is 0 Å². The molecule has 0 atom stereocenters. The second-order valence-corrected chi connectivity index (χ2v) is 10.4. The molecule has 12 heteroatoms. The molecule has 40 heavy (non-hydrogen) atoms. The first-order valence-corrected chi connectivity index (χ1v) is 13.4. The van der Waals surface area contributed by atoms with Crippen molar-refractivity contribution in [2.24, 2.45) is 0 Å². The Kier molecular flexibility index (Phi) is 6.95. The molecule has 0 bridgehead atoms. The van der Waals surface area contributed by atoms with Gasteiger partial charge in [-0.15, -0.1) is 0 Å². The molecule has 0 spiro atoms. The van der Waals surface area contributed by atoms with Gasteiger partial charge >= 0.3 is 6.18 Å². The maximum absolute atomic E-state index is 14.0. The number of H-pyrrole nitrogens is 1. The summed E-state index contributed by atoms with van der Waals surface area (Å²) in [5.74, 6) is 0.860. The summed E-state index contributed by atoms with van der Waals surface area (Å²) in [5.41, 5.74) is 7.33. The first kappa shape index (κ1) is 26.3. The number of aromatic amines is 1. The van der Waals surface area contributed by atoms with Crippen molar-refractivity contribution in [2.45, 2.75) is 37.9 Å². The van der Waals surface area contributed by atoms with Gasteiger partial charge in [0.25, 0.3) is 0 Å². The number of rotatable bonds is 7. The summed E-state index contributed by atoms with van der Waals surface area (Å²) >= 11 is 0. The van der Waals surface area contributed by atoms with Gasteiger partial charge in [-0.05, 0) is 56.6 Å². The van der Waals surface area contributed by atoms with Crippen LogP contribution in [0.5, 0.6) is 0 Å². The zero-order valence-electron chi connectivity index (χ0n) is 21.8. The largest absolute Gasteiger partial charge is 0.419 e. The lowest BCUT2D eigenvalue weighted by Gasteiger charge is -2.34. The van der Waals surface area contributed by atoms with Gasteiger partial charge in [0.2, 0.25) is 0 Å². The molecule has 0 unspecified atom stereocenters. The highest BCUT2D eigenvalue weighted by atomic mass is 19.4. The second-order valence-electron chi connectivity index (χ2n) is 10.4. The predicted molar refractivity (Wildman–Crippen MR) is 144 cm³/mol. The van der Waals surface area contributed by atoms with Gasteiger partial charge in [-0.2, -0.15) is 13.2 Å². The molecule has 2 saturated heterocycles. The summed E-state index contributed by atoms with van der Waals surface area (Å²) in [6.07, 6.45) is 4.94. The van der Waals surface area contributed by atoms with Crippen molar-refractivity contribution in [1.29, 1.82) is 0 Å². The van der Waals surface area contributed by atoms with Crippen molar-refractivity contribution in [1.82, 2.24) is 29.4 Å². The number of nitrogens with two attached hydrogens (primary N) is 1. The highest BCUT2D eigenvalue weighted by Gasteiger charge is 2.35. The lowest BCUT2D eigenvalue weighted by atomic mass is 9.95. The molecule has 2 aliphatic rings. The zero-order chi connectivity index (χ0) is 27.9. The summed E-state index contributed by atoms with van der Waals surface area (Å²) in [7, 11) is 0. The number of nitrogen functional groups attached to an aromatic ring is 1. The van der Waals surface area contributed by atoms with E-state index in [9.17, 15) is 17.6 Å². The van der Waals surface area contributed by atoms with Crippen molar-refractivity contribution in [3.63, 3.8) is 0 Å². The Morgan fingerprint density at radius 3 is 2.48 bits per heavy atom. The summed E-state index contributed by atoms with van der Waals surface area (Å²) in [4.78, 5) is 21.2. The van der Waals surface area contributed by atoms with E-state index in [1.54, 1.807) is 0 Å². The summed E-state index contributed by atoms with van der Waals surface area (Å²) in [6.45, 7) is 5.06. The Labute approximate surface area is 228 Å². The van der Waals surface area contributed by atoms with Crippen LogP contribution in [0.3, 0.4) is 0 Å². The third-order valence-electron chi connectivity index (χ3n) is 7.88. The van der Waals surface area contributed by atoms with Gasteiger partial charge in [-0.1, -0.05) is 0 Å². The van der Waals surface area contributed by atoms with Crippen molar-refractivity contribution in [3.05, 3.63) is 66.4 Å². The van der Waals surface area contributed by atoms with Crippen molar-refractivity contribution >= 4 is 11.6 Å². The Balaban J connectivity index is 1.26. The molecule has 0 aliphatic carbocycles. The molecule has 0 radical (unpaired) electrons. The average Bonchev–Trinajstić information content (AvgIpc) is 3.58. The van der Waals surface area contributed by atoms with Crippen LogP contribution < -0.4 is 10.6 Å². The van der Waals surface area contributed by atoms with Crippen LogP contribution in [-0.2, 0) is 12.7 Å². The molecule has 6 rings (SSSR count). The molecule has 210 valence electrons. The fourth-order valence-corrected chi connectivity index (χ4v) is 5.57. The van der Waals surface area contributed by atoms with E-state index in [0.29, 0.717) is 31.1 Å². The van der Waals surface area contributed by atoms with Crippen LogP contribution in [0, 0.1) is 5.82 Å². The van der Waals surface area contributed by atoms with Gasteiger partial charge in [-0.25, -0.2) is 19.3 Å². The van der Waals surface area contributed by atoms with Crippen LogP contribution >= 0.6 is 0 Å². The van der Waals surface area contributed by atoms with E-state index in [1.807, 2.05) is 24.7 Å². The van der Waals surface area contributed by atoms with Crippen molar-refractivity contribution in [2.75, 3.05) is 43.4 Å². The minimum Gasteiger partial charge on any atom is -0.383 e. The lowest BCUT2D eigenvalue weighted by molar-refractivity contribution is -0.139. The van der Waals surface area contributed by atoms with Gasteiger partial charge in [0.15, 0.2) is 0 Å². The van der Waals surface area contributed by atoms with Crippen LogP contribution in [0.4, 0.5) is 29.2 Å². The number of anilines is 2.